The summed E-state index contributed by atoms with van der Waals surface area (Å²) in [7, 11) is 0. The first-order valence-corrected chi connectivity index (χ1v) is 7.23. The lowest BCUT2D eigenvalue weighted by molar-refractivity contribution is 0.253. The number of aliphatic hydroxyl groups excluding tert-OH is 1. The molecule has 0 spiro atoms. The van der Waals surface area contributed by atoms with Crippen LogP contribution in [0, 0.1) is 23.7 Å². The fourth-order valence-electron chi connectivity index (χ4n) is 2.07. The molecule has 0 aliphatic heterocycles. The number of aliphatic hydroxyl groups is 1. The molecule has 3 unspecified atom stereocenters. The zero-order valence-corrected chi connectivity index (χ0v) is 11.7. The maximum absolute atomic E-state index is 8.96. The van der Waals surface area contributed by atoms with Crippen LogP contribution in [0.15, 0.2) is 24.3 Å². The molecule has 0 amide bonds. The Bertz CT molecular complexity index is 327. The maximum atomic E-state index is 8.96. The highest BCUT2D eigenvalue weighted by atomic mass is 16.3. The fraction of sp³-hybridized carbons (Fsp3) is 0.647. The Morgan fingerprint density at radius 1 is 1.22 bits per heavy atom. The second-order valence-corrected chi connectivity index (χ2v) is 5.21. The third-order valence-corrected chi connectivity index (χ3v) is 3.33. The van der Waals surface area contributed by atoms with Crippen molar-refractivity contribution in [2.24, 2.45) is 11.8 Å². The van der Waals surface area contributed by atoms with E-state index in [9.17, 15) is 0 Å². The summed E-state index contributed by atoms with van der Waals surface area (Å²) in [5.74, 6) is 7.33. The first-order chi connectivity index (χ1) is 8.74. The summed E-state index contributed by atoms with van der Waals surface area (Å²) in [6.07, 6.45) is 15.8. The Hall–Kier alpha value is -1.00. The molecule has 0 aromatic carbocycles. The Morgan fingerprint density at radius 2 is 1.94 bits per heavy atom. The standard InChI is InChI=1S/C17H26O/c1-3-4-5-6-9-12-16-14-17(16)13-10-7-8-11-15(2)18/h6-7,9-10,15-18H,3-5,12-14H2,1-2H3/b9-6+,10-7+. The van der Waals surface area contributed by atoms with E-state index < -0.39 is 6.10 Å². The molecule has 1 nitrogen and oxygen atoms in total. The van der Waals surface area contributed by atoms with Crippen molar-refractivity contribution < 1.29 is 5.11 Å². The second-order valence-electron chi connectivity index (χ2n) is 5.21. The summed E-state index contributed by atoms with van der Waals surface area (Å²) < 4.78 is 0. The first-order valence-electron chi connectivity index (χ1n) is 7.23. The SMILES string of the molecule is CCCC/C=C/CC1CC1C/C=C/C#CC(C)O. The van der Waals surface area contributed by atoms with Gasteiger partial charge in [-0.05, 0) is 50.5 Å². The molecule has 1 saturated carbocycles. The number of unbranched alkanes of at least 4 members (excludes halogenated alkanes) is 2. The average molecular weight is 246 g/mol. The van der Waals surface area contributed by atoms with Gasteiger partial charge in [-0.25, -0.2) is 0 Å². The Morgan fingerprint density at radius 3 is 2.61 bits per heavy atom. The van der Waals surface area contributed by atoms with Crippen molar-refractivity contribution in [3.63, 3.8) is 0 Å². The lowest BCUT2D eigenvalue weighted by Crippen LogP contribution is -1.91. The van der Waals surface area contributed by atoms with Gasteiger partial charge in [0.1, 0.15) is 6.10 Å². The van der Waals surface area contributed by atoms with Crippen LogP contribution in [0.25, 0.3) is 0 Å². The van der Waals surface area contributed by atoms with Crippen LogP contribution in [0.5, 0.6) is 0 Å². The molecular formula is C17H26O. The zero-order valence-electron chi connectivity index (χ0n) is 11.7. The lowest BCUT2D eigenvalue weighted by atomic mass is 10.1. The monoisotopic (exact) mass is 246 g/mol. The van der Waals surface area contributed by atoms with Crippen molar-refractivity contribution in [3.05, 3.63) is 24.3 Å². The lowest BCUT2D eigenvalue weighted by Gasteiger charge is -1.92. The molecule has 1 aliphatic carbocycles. The van der Waals surface area contributed by atoms with E-state index >= 15 is 0 Å². The molecule has 1 aliphatic rings. The van der Waals surface area contributed by atoms with Crippen LogP contribution >= 0.6 is 0 Å². The highest BCUT2D eigenvalue weighted by Gasteiger charge is 2.34. The van der Waals surface area contributed by atoms with Crippen LogP contribution in [-0.4, -0.2) is 11.2 Å². The van der Waals surface area contributed by atoms with Gasteiger partial charge in [0.25, 0.3) is 0 Å². The average Bonchev–Trinajstić information content (AvgIpc) is 3.07. The summed E-state index contributed by atoms with van der Waals surface area (Å²) in [5, 5.41) is 8.96. The normalized spacial score (nSPS) is 24.2. The van der Waals surface area contributed by atoms with Gasteiger partial charge in [0, 0.05) is 0 Å². The largest absolute Gasteiger partial charge is 0.381 e. The predicted molar refractivity (Wildman–Crippen MR) is 78.1 cm³/mol. The van der Waals surface area contributed by atoms with Crippen LogP contribution in [-0.2, 0) is 0 Å². The molecule has 1 rings (SSSR count). The van der Waals surface area contributed by atoms with Crippen LogP contribution in [0.3, 0.4) is 0 Å². The summed E-state index contributed by atoms with van der Waals surface area (Å²) in [4.78, 5) is 0. The van der Waals surface area contributed by atoms with Crippen molar-refractivity contribution in [3.8, 4) is 11.8 Å². The quantitative estimate of drug-likeness (QED) is 0.407. The van der Waals surface area contributed by atoms with Gasteiger partial charge in [0.2, 0.25) is 0 Å². The fourth-order valence-corrected chi connectivity index (χ4v) is 2.07. The van der Waals surface area contributed by atoms with Crippen LogP contribution < -0.4 is 0 Å². The van der Waals surface area contributed by atoms with Gasteiger partial charge in [-0.2, -0.15) is 0 Å². The molecule has 0 bridgehead atoms. The van der Waals surface area contributed by atoms with E-state index in [-0.39, 0.29) is 0 Å². The minimum Gasteiger partial charge on any atom is -0.381 e. The van der Waals surface area contributed by atoms with Crippen molar-refractivity contribution in [1.29, 1.82) is 0 Å². The van der Waals surface area contributed by atoms with Gasteiger partial charge in [-0.3, -0.25) is 0 Å². The van der Waals surface area contributed by atoms with Crippen LogP contribution in [0.4, 0.5) is 0 Å². The Labute approximate surface area is 112 Å². The van der Waals surface area contributed by atoms with E-state index in [1.807, 2.05) is 6.08 Å². The van der Waals surface area contributed by atoms with E-state index in [1.54, 1.807) is 6.92 Å². The Balaban J connectivity index is 2.04. The minimum absolute atomic E-state index is 0.517. The van der Waals surface area contributed by atoms with Crippen LogP contribution in [0.1, 0.15) is 52.4 Å². The summed E-state index contributed by atoms with van der Waals surface area (Å²) in [5.41, 5.74) is 0. The van der Waals surface area contributed by atoms with Crippen molar-refractivity contribution in [2.75, 3.05) is 0 Å². The first kappa shape index (κ1) is 15.1. The molecule has 0 aromatic rings. The topological polar surface area (TPSA) is 20.2 Å². The van der Waals surface area contributed by atoms with E-state index in [1.165, 1.54) is 32.1 Å². The number of hydrogen-bond acceptors (Lipinski definition) is 1. The molecule has 1 fully saturated rings. The number of allylic oxidation sites excluding steroid dienone is 4. The highest BCUT2D eigenvalue weighted by molar-refractivity contribution is 5.17. The van der Waals surface area contributed by atoms with Crippen molar-refractivity contribution in [1.82, 2.24) is 0 Å². The third kappa shape index (κ3) is 7.35. The molecule has 1 heteroatoms. The molecule has 0 saturated heterocycles. The molecule has 0 aromatic heterocycles. The van der Waals surface area contributed by atoms with Gasteiger partial charge < -0.3 is 5.11 Å². The highest BCUT2D eigenvalue weighted by Crippen LogP contribution is 2.44. The summed E-state index contributed by atoms with van der Waals surface area (Å²) >= 11 is 0. The van der Waals surface area contributed by atoms with Crippen molar-refractivity contribution >= 4 is 0 Å². The predicted octanol–water partition coefficient (Wildman–Crippen LogP) is 4.09. The smallest absolute Gasteiger partial charge is 0.112 e. The van der Waals surface area contributed by atoms with E-state index in [0.29, 0.717) is 0 Å². The second kappa shape index (κ2) is 9.00. The van der Waals surface area contributed by atoms with E-state index in [2.05, 4.69) is 37.0 Å². The third-order valence-electron chi connectivity index (χ3n) is 3.33. The molecule has 100 valence electrons. The molecule has 3 atom stereocenters. The molecule has 1 N–H and O–H groups in total. The molecule has 0 radical (unpaired) electrons. The number of hydrogen-bond donors (Lipinski definition) is 1. The molecular weight excluding hydrogens is 220 g/mol. The Kier molecular flexibility index (Phi) is 7.53. The van der Waals surface area contributed by atoms with Gasteiger partial charge in [-0.15, -0.1) is 0 Å². The van der Waals surface area contributed by atoms with Gasteiger partial charge >= 0.3 is 0 Å². The molecule has 0 heterocycles. The summed E-state index contributed by atoms with van der Waals surface area (Å²) in [6, 6.07) is 0. The zero-order chi connectivity index (χ0) is 13.2. The van der Waals surface area contributed by atoms with Gasteiger partial charge in [0.05, 0.1) is 0 Å². The molecule has 18 heavy (non-hydrogen) atoms. The van der Waals surface area contributed by atoms with Gasteiger partial charge in [0.15, 0.2) is 0 Å². The van der Waals surface area contributed by atoms with E-state index in [0.717, 1.165) is 18.3 Å². The van der Waals surface area contributed by atoms with Gasteiger partial charge in [-0.1, -0.05) is 49.8 Å². The number of rotatable bonds is 7. The van der Waals surface area contributed by atoms with Crippen molar-refractivity contribution in [2.45, 2.75) is 58.5 Å². The summed E-state index contributed by atoms with van der Waals surface area (Å²) in [6.45, 7) is 3.92. The maximum Gasteiger partial charge on any atom is 0.112 e. The van der Waals surface area contributed by atoms with E-state index in [4.69, 9.17) is 5.11 Å². The minimum atomic E-state index is -0.517. The van der Waals surface area contributed by atoms with Crippen LogP contribution in [0.2, 0.25) is 0 Å².